The third kappa shape index (κ3) is 4.36. The van der Waals surface area contributed by atoms with E-state index in [0.717, 1.165) is 17.7 Å². The Hall–Kier alpha value is -3.22. The number of aryl methyl sites for hydroxylation is 1. The lowest BCUT2D eigenvalue weighted by Gasteiger charge is -2.17. The number of benzene rings is 2. The molecule has 0 aliphatic heterocycles. The highest BCUT2D eigenvalue weighted by molar-refractivity contribution is 5.94. The summed E-state index contributed by atoms with van der Waals surface area (Å²) in [7, 11) is 0. The second-order valence-electron chi connectivity index (χ2n) is 6.27. The van der Waals surface area contributed by atoms with Crippen molar-refractivity contribution in [2.75, 3.05) is 0 Å². The summed E-state index contributed by atoms with van der Waals surface area (Å²) in [6.45, 7) is 3.47. The first-order valence-electron chi connectivity index (χ1n) is 8.88. The molecule has 7 heteroatoms. The van der Waals surface area contributed by atoms with Gasteiger partial charge in [-0.1, -0.05) is 42.4 Å². The third-order valence-electron chi connectivity index (χ3n) is 4.38. The number of ether oxygens (including phenoxy) is 1. The summed E-state index contributed by atoms with van der Waals surface area (Å²) >= 11 is 0. The molecule has 3 rings (SSSR count). The molecule has 0 saturated heterocycles. The van der Waals surface area contributed by atoms with E-state index in [1.54, 1.807) is 6.92 Å². The molecular formula is C21H20F2N2O3. The van der Waals surface area contributed by atoms with Crippen LogP contribution in [0.15, 0.2) is 53.1 Å². The van der Waals surface area contributed by atoms with Crippen LogP contribution >= 0.6 is 0 Å². The number of nitrogens with one attached hydrogen (secondary N) is 1. The van der Waals surface area contributed by atoms with Crippen molar-refractivity contribution in [3.05, 3.63) is 82.7 Å². The second-order valence-corrected chi connectivity index (χ2v) is 6.27. The van der Waals surface area contributed by atoms with Gasteiger partial charge in [-0.15, -0.1) is 0 Å². The average molecular weight is 386 g/mol. The summed E-state index contributed by atoms with van der Waals surface area (Å²) < 4.78 is 37.3. The van der Waals surface area contributed by atoms with Gasteiger partial charge in [0.1, 0.15) is 18.2 Å². The quantitative estimate of drug-likeness (QED) is 0.638. The third-order valence-corrected chi connectivity index (χ3v) is 4.38. The SMILES string of the molecule is CCC(NC(=O)c1noc(C)c1COc1ccc(F)cc1F)c1ccccc1. The van der Waals surface area contributed by atoms with Crippen molar-refractivity contribution >= 4 is 5.91 Å². The van der Waals surface area contributed by atoms with Gasteiger partial charge < -0.3 is 14.6 Å². The first-order valence-corrected chi connectivity index (χ1v) is 8.88. The Morgan fingerprint density at radius 3 is 2.64 bits per heavy atom. The fourth-order valence-electron chi connectivity index (χ4n) is 2.81. The molecule has 1 unspecified atom stereocenters. The number of amides is 1. The highest BCUT2D eigenvalue weighted by Crippen LogP contribution is 2.22. The van der Waals surface area contributed by atoms with E-state index in [4.69, 9.17) is 9.26 Å². The minimum Gasteiger partial charge on any atom is -0.486 e. The number of carbonyl (C=O) groups is 1. The zero-order chi connectivity index (χ0) is 20.1. The van der Waals surface area contributed by atoms with Gasteiger partial charge in [-0.3, -0.25) is 4.79 Å². The molecule has 1 N–H and O–H groups in total. The summed E-state index contributed by atoms with van der Waals surface area (Å²) in [5.41, 5.74) is 1.46. The molecule has 0 aliphatic rings. The molecule has 0 spiro atoms. The molecular weight excluding hydrogens is 366 g/mol. The maximum Gasteiger partial charge on any atom is 0.274 e. The van der Waals surface area contributed by atoms with Crippen LogP contribution in [-0.4, -0.2) is 11.1 Å². The summed E-state index contributed by atoms with van der Waals surface area (Å²) in [6.07, 6.45) is 0.694. The van der Waals surface area contributed by atoms with Crippen molar-refractivity contribution in [3.63, 3.8) is 0 Å². The molecule has 1 amide bonds. The number of carbonyl (C=O) groups excluding carboxylic acids is 1. The van der Waals surface area contributed by atoms with E-state index in [0.29, 0.717) is 17.7 Å². The Morgan fingerprint density at radius 2 is 1.96 bits per heavy atom. The monoisotopic (exact) mass is 386 g/mol. The van der Waals surface area contributed by atoms with Gasteiger partial charge in [-0.25, -0.2) is 8.78 Å². The van der Waals surface area contributed by atoms with E-state index in [-0.39, 0.29) is 24.1 Å². The predicted molar refractivity (Wildman–Crippen MR) is 98.9 cm³/mol. The minimum absolute atomic E-state index is 0.0781. The van der Waals surface area contributed by atoms with Gasteiger partial charge >= 0.3 is 0 Å². The Balaban J connectivity index is 1.75. The van der Waals surface area contributed by atoms with E-state index in [9.17, 15) is 13.6 Å². The molecule has 2 aromatic carbocycles. The molecule has 0 fully saturated rings. The number of nitrogens with zero attached hydrogens (tertiary/aromatic N) is 1. The molecule has 0 radical (unpaired) electrons. The molecule has 0 saturated carbocycles. The van der Waals surface area contributed by atoms with Crippen molar-refractivity contribution < 1.29 is 22.8 Å². The first-order chi connectivity index (χ1) is 13.5. The molecule has 1 aromatic heterocycles. The Morgan fingerprint density at radius 1 is 1.21 bits per heavy atom. The van der Waals surface area contributed by atoms with Crippen LogP contribution in [0.4, 0.5) is 8.78 Å². The van der Waals surface area contributed by atoms with Crippen LogP contribution in [0.2, 0.25) is 0 Å². The molecule has 5 nitrogen and oxygen atoms in total. The average Bonchev–Trinajstić information content (AvgIpc) is 3.06. The first kappa shape index (κ1) is 19.5. The molecule has 146 valence electrons. The van der Waals surface area contributed by atoms with E-state index >= 15 is 0 Å². The van der Waals surface area contributed by atoms with Gasteiger partial charge in [0.05, 0.1) is 11.6 Å². The molecule has 0 bridgehead atoms. The molecule has 0 aliphatic carbocycles. The number of halogens is 2. The van der Waals surface area contributed by atoms with Crippen molar-refractivity contribution in [1.82, 2.24) is 10.5 Å². The summed E-state index contributed by atoms with van der Waals surface area (Å²) in [5.74, 6) is -1.66. The number of rotatable bonds is 7. The van der Waals surface area contributed by atoms with Crippen molar-refractivity contribution in [3.8, 4) is 5.75 Å². The predicted octanol–water partition coefficient (Wildman–Crippen LogP) is 4.72. The van der Waals surface area contributed by atoms with E-state index < -0.39 is 17.5 Å². The standard InChI is InChI=1S/C21H20F2N2O3/c1-3-18(14-7-5-4-6-8-14)24-21(26)20-16(13(2)28-25-20)12-27-19-10-9-15(22)11-17(19)23/h4-11,18H,3,12H2,1-2H3,(H,24,26). The van der Waals surface area contributed by atoms with Crippen LogP contribution in [0.25, 0.3) is 0 Å². The topological polar surface area (TPSA) is 64.4 Å². The maximum absolute atomic E-state index is 13.8. The van der Waals surface area contributed by atoms with Crippen LogP contribution in [-0.2, 0) is 6.61 Å². The fourth-order valence-corrected chi connectivity index (χ4v) is 2.81. The molecule has 1 atom stereocenters. The Bertz CT molecular complexity index is 958. The number of hydrogen-bond donors (Lipinski definition) is 1. The summed E-state index contributed by atoms with van der Waals surface area (Å²) in [5, 5.41) is 6.75. The van der Waals surface area contributed by atoms with E-state index in [1.165, 1.54) is 6.07 Å². The van der Waals surface area contributed by atoms with Gasteiger partial charge in [-0.05, 0) is 31.0 Å². The lowest BCUT2D eigenvalue weighted by molar-refractivity contribution is 0.0924. The highest BCUT2D eigenvalue weighted by atomic mass is 19.1. The van der Waals surface area contributed by atoms with Crippen LogP contribution in [0.3, 0.4) is 0 Å². The van der Waals surface area contributed by atoms with Crippen molar-refractivity contribution in [2.24, 2.45) is 0 Å². The highest BCUT2D eigenvalue weighted by Gasteiger charge is 2.23. The van der Waals surface area contributed by atoms with Crippen molar-refractivity contribution in [2.45, 2.75) is 32.9 Å². The van der Waals surface area contributed by atoms with E-state index in [1.807, 2.05) is 37.3 Å². The van der Waals surface area contributed by atoms with Crippen molar-refractivity contribution in [1.29, 1.82) is 0 Å². The lowest BCUT2D eigenvalue weighted by atomic mass is 10.0. The van der Waals surface area contributed by atoms with Gasteiger partial charge in [0.15, 0.2) is 17.3 Å². The Labute approximate surface area is 161 Å². The molecule has 1 heterocycles. The number of aromatic nitrogens is 1. The largest absolute Gasteiger partial charge is 0.486 e. The van der Waals surface area contributed by atoms with Crippen LogP contribution in [0.5, 0.6) is 5.75 Å². The lowest BCUT2D eigenvalue weighted by Crippen LogP contribution is -2.29. The van der Waals surface area contributed by atoms with Crippen LogP contribution in [0, 0.1) is 18.6 Å². The Kier molecular flexibility index (Phi) is 6.03. The van der Waals surface area contributed by atoms with Gasteiger partial charge in [0.25, 0.3) is 5.91 Å². The van der Waals surface area contributed by atoms with Gasteiger partial charge in [0.2, 0.25) is 0 Å². The minimum atomic E-state index is -0.824. The zero-order valence-electron chi connectivity index (χ0n) is 15.5. The van der Waals surface area contributed by atoms with E-state index in [2.05, 4.69) is 10.5 Å². The second kappa shape index (κ2) is 8.65. The van der Waals surface area contributed by atoms with Gasteiger partial charge in [0, 0.05) is 6.07 Å². The maximum atomic E-state index is 13.8. The fraction of sp³-hybridized carbons (Fsp3) is 0.238. The summed E-state index contributed by atoms with van der Waals surface area (Å²) in [4.78, 5) is 12.7. The molecule has 28 heavy (non-hydrogen) atoms. The normalized spacial score (nSPS) is 11.9. The zero-order valence-corrected chi connectivity index (χ0v) is 15.5. The molecule has 3 aromatic rings. The van der Waals surface area contributed by atoms with Crippen LogP contribution in [0.1, 0.15) is 46.8 Å². The smallest absolute Gasteiger partial charge is 0.274 e. The van der Waals surface area contributed by atoms with Gasteiger partial charge in [-0.2, -0.15) is 0 Å². The summed E-state index contributed by atoms with van der Waals surface area (Å²) in [6, 6.07) is 12.4. The number of hydrogen-bond acceptors (Lipinski definition) is 4. The van der Waals surface area contributed by atoms with Crippen LogP contribution < -0.4 is 10.1 Å².